The lowest BCUT2D eigenvalue weighted by molar-refractivity contribution is -0.137. The van der Waals surface area contributed by atoms with Crippen LogP contribution in [0.25, 0.3) is 0 Å². The molecule has 0 saturated carbocycles. The van der Waals surface area contributed by atoms with Crippen LogP contribution in [-0.2, 0) is 24.1 Å². The van der Waals surface area contributed by atoms with Crippen LogP contribution in [0.1, 0.15) is 28.4 Å². The number of hydrogen-bond acceptors (Lipinski definition) is 2. The third kappa shape index (κ3) is 3.56. The average molecular weight is 450 g/mol. The van der Waals surface area contributed by atoms with Gasteiger partial charge in [-0.2, -0.15) is 13.2 Å². The fraction of sp³-hybridized carbons (Fsp3) is 0.200. The van der Waals surface area contributed by atoms with Crippen molar-refractivity contribution in [1.29, 1.82) is 0 Å². The summed E-state index contributed by atoms with van der Waals surface area (Å²) in [5, 5.41) is 0. The maximum absolute atomic E-state index is 13.1. The van der Waals surface area contributed by atoms with Crippen molar-refractivity contribution in [2.45, 2.75) is 25.3 Å². The van der Waals surface area contributed by atoms with E-state index in [2.05, 4.69) is 20.9 Å². The van der Waals surface area contributed by atoms with Crippen LogP contribution in [0.2, 0.25) is 0 Å². The van der Waals surface area contributed by atoms with E-state index in [1.54, 1.807) is 28.1 Å². The van der Waals surface area contributed by atoms with Gasteiger partial charge in [-0.3, -0.25) is 4.79 Å². The molecule has 144 valence electrons. The van der Waals surface area contributed by atoms with Gasteiger partial charge in [0.05, 0.1) is 29.8 Å². The van der Waals surface area contributed by atoms with Gasteiger partial charge in [0, 0.05) is 11.0 Å². The fourth-order valence-electron chi connectivity index (χ4n) is 3.48. The van der Waals surface area contributed by atoms with Gasteiger partial charge in [0.15, 0.2) is 0 Å². The fourth-order valence-corrected chi connectivity index (χ4v) is 3.90. The lowest BCUT2D eigenvalue weighted by atomic mass is 9.99. The third-order valence-electron chi connectivity index (χ3n) is 4.73. The summed E-state index contributed by atoms with van der Waals surface area (Å²) in [6.45, 7) is 0.184. The van der Waals surface area contributed by atoms with Gasteiger partial charge in [-0.25, -0.2) is 4.98 Å². The highest BCUT2D eigenvalue weighted by Gasteiger charge is 2.35. The molecule has 1 amide bonds. The number of halogens is 4. The van der Waals surface area contributed by atoms with E-state index in [4.69, 9.17) is 0 Å². The number of amides is 1. The van der Waals surface area contributed by atoms with Gasteiger partial charge in [0.2, 0.25) is 5.91 Å². The Kier molecular flexibility index (Phi) is 4.74. The molecule has 0 radical (unpaired) electrons. The first-order chi connectivity index (χ1) is 13.3. The maximum atomic E-state index is 13.1. The summed E-state index contributed by atoms with van der Waals surface area (Å²) in [6, 6.07) is 12.2. The molecule has 0 saturated heterocycles. The minimum atomic E-state index is -4.43. The first-order valence-electron chi connectivity index (χ1n) is 8.54. The zero-order chi connectivity index (χ0) is 19.9. The molecule has 2 heterocycles. The van der Waals surface area contributed by atoms with Crippen LogP contribution in [0.4, 0.5) is 13.2 Å². The Balaban J connectivity index is 1.75. The highest BCUT2D eigenvalue weighted by Crippen LogP contribution is 2.35. The molecule has 0 fully saturated rings. The summed E-state index contributed by atoms with van der Waals surface area (Å²) in [4.78, 5) is 18.6. The highest BCUT2D eigenvalue weighted by atomic mass is 79.9. The average Bonchev–Trinajstić information content (AvgIpc) is 3.09. The molecule has 4 rings (SSSR count). The number of imidazole rings is 1. The van der Waals surface area contributed by atoms with Crippen molar-refractivity contribution in [2.75, 3.05) is 0 Å². The van der Waals surface area contributed by atoms with Crippen LogP contribution >= 0.6 is 15.9 Å². The van der Waals surface area contributed by atoms with Crippen molar-refractivity contribution in [3.05, 3.63) is 87.9 Å². The van der Waals surface area contributed by atoms with Gasteiger partial charge in [0.25, 0.3) is 0 Å². The summed E-state index contributed by atoms with van der Waals surface area (Å²) >= 11 is 3.44. The molecule has 1 unspecified atom stereocenters. The number of fused-ring (bicyclic) bond motifs is 1. The van der Waals surface area contributed by atoms with Gasteiger partial charge in [0.1, 0.15) is 6.54 Å². The first-order valence-corrected chi connectivity index (χ1v) is 9.33. The van der Waals surface area contributed by atoms with E-state index in [0.29, 0.717) is 5.56 Å². The maximum Gasteiger partial charge on any atom is 0.416 e. The second-order valence-corrected chi connectivity index (χ2v) is 7.54. The predicted octanol–water partition coefficient (Wildman–Crippen LogP) is 4.80. The Bertz CT molecular complexity index is 1030. The van der Waals surface area contributed by atoms with Gasteiger partial charge < -0.3 is 9.47 Å². The molecular weight excluding hydrogens is 435 g/mol. The van der Waals surface area contributed by atoms with Crippen LogP contribution in [0.5, 0.6) is 0 Å². The highest BCUT2D eigenvalue weighted by molar-refractivity contribution is 9.10. The number of benzene rings is 2. The molecule has 0 aliphatic carbocycles. The first kappa shape index (κ1) is 18.7. The minimum Gasteiger partial charge on any atom is -0.324 e. The normalized spacial score (nSPS) is 16.9. The zero-order valence-corrected chi connectivity index (χ0v) is 16.1. The monoisotopic (exact) mass is 449 g/mol. The number of aromatic nitrogens is 2. The van der Waals surface area contributed by atoms with Crippen molar-refractivity contribution in [3.63, 3.8) is 0 Å². The lowest BCUT2D eigenvalue weighted by Crippen LogP contribution is -2.42. The Morgan fingerprint density at radius 2 is 1.93 bits per heavy atom. The van der Waals surface area contributed by atoms with Crippen LogP contribution in [0.3, 0.4) is 0 Å². The van der Waals surface area contributed by atoms with Crippen LogP contribution < -0.4 is 0 Å². The topological polar surface area (TPSA) is 38.1 Å². The molecular formula is C20H15BrF3N3O. The molecule has 8 heteroatoms. The molecule has 0 N–H and O–H groups in total. The van der Waals surface area contributed by atoms with E-state index >= 15 is 0 Å². The summed E-state index contributed by atoms with van der Waals surface area (Å²) in [5.41, 5.74) is 1.38. The number of carbonyl (C=O) groups excluding carboxylic acids is 1. The Morgan fingerprint density at radius 1 is 1.14 bits per heavy atom. The van der Waals surface area contributed by atoms with Gasteiger partial charge in [-0.1, -0.05) is 40.2 Å². The van der Waals surface area contributed by atoms with Crippen LogP contribution in [-0.4, -0.2) is 20.4 Å². The Morgan fingerprint density at radius 3 is 2.68 bits per heavy atom. The van der Waals surface area contributed by atoms with Crippen molar-refractivity contribution >= 4 is 21.8 Å². The number of rotatable bonds is 3. The standard InChI is InChI=1S/C20H15BrF3N3O/c21-16-6-2-4-14(8-16)19-17-9-25-12-26(17)11-18(28)27(19)10-13-3-1-5-15(7-13)20(22,23)24/h1-9,12,19H,10-11H2. The van der Waals surface area contributed by atoms with Crippen LogP contribution in [0, 0.1) is 0 Å². The van der Waals surface area contributed by atoms with E-state index < -0.39 is 17.8 Å². The van der Waals surface area contributed by atoms with Gasteiger partial charge in [-0.05, 0) is 35.4 Å². The lowest BCUT2D eigenvalue weighted by Gasteiger charge is -2.37. The van der Waals surface area contributed by atoms with E-state index in [1.165, 1.54) is 6.07 Å². The Hall–Kier alpha value is -2.61. The number of nitrogens with zero attached hydrogens (tertiary/aromatic N) is 3. The largest absolute Gasteiger partial charge is 0.416 e. The molecule has 2 aromatic carbocycles. The summed E-state index contributed by atoms with van der Waals surface area (Å²) < 4.78 is 41.8. The molecule has 1 aliphatic rings. The second-order valence-electron chi connectivity index (χ2n) is 6.62. The summed E-state index contributed by atoms with van der Waals surface area (Å²) in [7, 11) is 0. The van der Waals surface area contributed by atoms with Crippen molar-refractivity contribution in [1.82, 2.24) is 14.5 Å². The number of carbonyl (C=O) groups is 1. The molecule has 0 spiro atoms. The minimum absolute atomic E-state index is 0.0745. The third-order valence-corrected chi connectivity index (χ3v) is 5.23. The number of hydrogen-bond donors (Lipinski definition) is 0. The second kappa shape index (κ2) is 7.09. The summed E-state index contributed by atoms with van der Waals surface area (Å²) in [6.07, 6.45) is -1.14. The van der Waals surface area contributed by atoms with Crippen molar-refractivity contribution < 1.29 is 18.0 Å². The molecule has 3 aromatic rings. The quantitative estimate of drug-likeness (QED) is 0.576. The molecule has 1 atom stereocenters. The van der Waals surface area contributed by atoms with Gasteiger partial charge in [-0.15, -0.1) is 0 Å². The SMILES string of the molecule is O=C1Cn2cncc2C(c2cccc(Br)c2)N1Cc1cccc(C(F)(F)F)c1. The molecule has 28 heavy (non-hydrogen) atoms. The van der Waals surface area contributed by atoms with Crippen molar-refractivity contribution in [2.24, 2.45) is 0 Å². The van der Waals surface area contributed by atoms with E-state index in [9.17, 15) is 18.0 Å². The summed E-state index contributed by atoms with van der Waals surface area (Å²) in [5.74, 6) is -0.173. The Labute approximate surface area is 167 Å². The predicted molar refractivity (Wildman–Crippen MR) is 100 cm³/mol. The van der Waals surface area contributed by atoms with Crippen molar-refractivity contribution in [3.8, 4) is 0 Å². The molecule has 1 aromatic heterocycles. The smallest absolute Gasteiger partial charge is 0.324 e. The molecule has 1 aliphatic heterocycles. The zero-order valence-electron chi connectivity index (χ0n) is 14.5. The number of alkyl halides is 3. The molecule has 4 nitrogen and oxygen atoms in total. The van der Waals surface area contributed by atoms with Crippen LogP contribution in [0.15, 0.2) is 65.5 Å². The van der Waals surface area contributed by atoms with E-state index in [0.717, 1.165) is 27.9 Å². The van der Waals surface area contributed by atoms with E-state index in [1.807, 2.05) is 24.3 Å². The van der Waals surface area contributed by atoms with Gasteiger partial charge >= 0.3 is 6.18 Å². The van der Waals surface area contributed by atoms with E-state index in [-0.39, 0.29) is 19.0 Å². The molecule has 0 bridgehead atoms.